The maximum Gasteiger partial charge on any atom is 0.253 e. The molecule has 1 saturated heterocycles. The predicted octanol–water partition coefficient (Wildman–Crippen LogP) is 2.24. The summed E-state index contributed by atoms with van der Waals surface area (Å²) in [5.74, 6) is 1.04. The van der Waals surface area contributed by atoms with E-state index in [0.29, 0.717) is 31.7 Å². The van der Waals surface area contributed by atoms with Crippen molar-refractivity contribution in [2.45, 2.75) is 13.8 Å². The van der Waals surface area contributed by atoms with Gasteiger partial charge in [0.2, 0.25) is 5.91 Å². The van der Waals surface area contributed by atoms with Gasteiger partial charge in [0.15, 0.2) is 0 Å². The lowest BCUT2D eigenvalue weighted by Gasteiger charge is -2.38. The summed E-state index contributed by atoms with van der Waals surface area (Å²) in [6.07, 6.45) is 0. The van der Waals surface area contributed by atoms with Gasteiger partial charge in [0.25, 0.3) is 5.91 Å². The predicted molar refractivity (Wildman–Crippen MR) is 90.0 cm³/mol. The molecule has 0 saturated carbocycles. The molecule has 23 heavy (non-hydrogen) atoms. The van der Waals surface area contributed by atoms with E-state index in [1.165, 1.54) is 0 Å². The highest BCUT2D eigenvalue weighted by molar-refractivity contribution is 6.19. The number of hydrogen-bond donors (Lipinski definition) is 0. The third kappa shape index (κ3) is 3.96. The fraction of sp³-hybridized carbons (Fsp3) is 0.529. The van der Waals surface area contributed by atoms with Crippen molar-refractivity contribution < 1.29 is 14.3 Å². The van der Waals surface area contributed by atoms with Crippen molar-refractivity contribution >= 4 is 23.4 Å². The van der Waals surface area contributed by atoms with Crippen molar-refractivity contribution in [2.24, 2.45) is 5.41 Å². The van der Waals surface area contributed by atoms with Crippen LogP contribution in [0.1, 0.15) is 24.2 Å². The molecule has 1 fully saturated rings. The number of benzene rings is 1. The van der Waals surface area contributed by atoms with Gasteiger partial charge < -0.3 is 14.5 Å². The number of methoxy groups -OCH3 is 1. The Balaban J connectivity index is 1.95. The van der Waals surface area contributed by atoms with Gasteiger partial charge in [0.1, 0.15) is 5.75 Å². The van der Waals surface area contributed by atoms with Crippen LogP contribution >= 0.6 is 11.6 Å². The zero-order valence-electron chi connectivity index (χ0n) is 13.8. The van der Waals surface area contributed by atoms with Crippen molar-refractivity contribution in [3.05, 3.63) is 29.8 Å². The fourth-order valence-electron chi connectivity index (χ4n) is 2.51. The molecule has 1 aliphatic heterocycles. The third-order valence-electron chi connectivity index (χ3n) is 4.10. The molecule has 1 aromatic rings. The van der Waals surface area contributed by atoms with E-state index in [2.05, 4.69) is 0 Å². The van der Waals surface area contributed by atoms with Crippen LogP contribution < -0.4 is 4.74 Å². The summed E-state index contributed by atoms with van der Waals surface area (Å²) in [5.41, 5.74) is 0.0654. The number of carbonyl (C=O) groups excluding carboxylic acids is 2. The summed E-state index contributed by atoms with van der Waals surface area (Å²) in [6.45, 7) is 5.85. The van der Waals surface area contributed by atoms with E-state index in [4.69, 9.17) is 16.3 Å². The molecule has 0 bridgehead atoms. The largest absolute Gasteiger partial charge is 0.497 e. The molecule has 5 nitrogen and oxygen atoms in total. The Morgan fingerprint density at radius 2 is 1.61 bits per heavy atom. The second kappa shape index (κ2) is 7.21. The van der Waals surface area contributed by atoms with E-state index < -0.39 is 5.41 Å². The molecule has 0 radical (unpaired) electrons. The molecule has 1 aromatic carbocycles. The minimum absolute atomic E-state index is 0.0173. The number of alkyl halides is 1. The van der Waals surface area contributed by atoms with Gasteiger partial charge in [0.05, 0.1) is 12.5 Å². The summed E-state index contributed by atoms with van der Waals surface area (Å²) in [5, 5.41) is 0. The first-order valence-corrected chi connectivity index (χ1v) is 8.21. The Morgan fingerprint density at radius 3 is 2.09 bits per heavy atom. The zero-order chi connectivity index (χ0) is 17.0. The van der Waals surface area contributed by atoms with Gasteiger partial charge in [-0.2, -0.15) is 0 Å². The number of halogens is 1. The topological polar surface area (TPSA) is 49.9 Å². The average Bonchev–Trinajstić information content (AvgIpc) is 2.60. The Kier molecular flexibility index (Phi) is 5.52. The summed E-state index contributed by atoms with van der Waals surface area (Å²) in [7, 11) is 1.59. The van der Waals surface area contributed by atoms with Crippen LogP contribution in [0.3, 0.4) is 0 Å². The molecule has 1 heterocycles. The van der Waals surface area contributed by atoms with E-state index in [0.717, 1.165) is 5.75 Å². The van der Waals surface area contributed by atoms with Crippen molar-refractivity contribution in [3.8, 4) is 5.75 Å². The molecule has 0 atom stereocenters. The van der Waals surface area contributed by atoms with Crippen molar-refractivity contribution in [3.63, 3.8) is 0 Å². The third-order valence-corrected chi connectivity index (χ3v) is 4.77. The minimum atomic E-state index is -0.566. The standard InChI is InChI=1S/C17H23ClN2O3/c1-17(2,12-18)16(22)20-10-8-19(9-11-20)15(21)13-4-6-14(23-3)7-5-13/h4-7H,8-12H2,1-3H3. The first kappa shape index (κ1) is 17.6. The van der Waals surface area contributed by atoms with Gasteiger partial charge in [-0.25, -0.2) is 0 Å². The van der Waals surface area contributed by atoms with Gasteiger partial charge in [0, 0.05) is 37.6 Å². The van der Waals surface area contributed by atoms with Gasteiger partial charge >= 0.3 is 0 Å². The molecule has 0 aromatic heterocycles. The van der Waals surface area contributed by atoms with Crippen molar-refractivity contribution in [1.82, 2.24) is 9.80 Å². The lowest BCUT2D eigenvalue weighted by Crippen LogP contribution is -2.53. The molecule has 126 valence electrons. The molecule has 0 aliphatic carbocycles. The molecule has 0 unspecified atom stereocenters. The van der Waals surface area contributed by atoms with Gasteiger partial charge in [-0.1, -0.05) is 0 Å². The number of carbonyl (C=O) groups is 2. The lowest BCUT2D eigenvalue weighted by molar-refractivity contribution is -0.140. The van der Waals surface area contributed by atoms with Crippen LogP contribution in [0.4, 0.5) is 0 Å². The van der Waals surface area contributed by atoms with Crippen molar-refractivity contribution in [2.75, 3.05) is 39.2 Å². The first-order chi connectivity index (χ1) is 10.9. The SMILES string of the molecule is COc1ccc(C(=O)N2CCN(C(=O)C(C)(C)CCl)CC2)cc1. The summed E-state index contributed by atoms with van der Waals surface area (Å²) < 4.78 is 5.10. The second-order valence-corrected chi connectivity index (χ2v) is 6.60. The van der Waals surface area contributed by atoms with Crippen LogP contribution in [0, 0.1) is 5.41 Å². The molecule has 1 aliphatic rings. The van der Waals surface area contributed by atoms with Crippen LogP contribution in [0.15, 0.2) is 24.3 Å². The lowest BCUT2D eigenvalue weighted by atomic mass is 9.94. The number of hydrogen-bond acceptors (Lipinski definition) is 3. The van der Waals surface area contributed by atoms with Crippen LogP contribution in [-0.2, 0) is 4.79 Å². The molecular formula is C17H23ClN2O3. The quantitative estimate of drug-likeness (QED) is 0.791. The van der Waals surface area contributed by atoms with Gasteiger partial charge in [-0.05, 0) is 38.1 Å². The number of amides is 2. The first-order valence-electron chi connectivity index (χ1n) is 7.67. The summed E-state index contributed by atoms with van der Waals surface area (Å²) >= 11 is 5.87. The van der Waals surface area contributed by atoms with Crippen molar-refractivity contribution in [1.29, 1.82) is 0 Å². The monoisotopic (exact) mass is 338 g/mol. The van der Waals surface area contributed by atoms with Crippen LogP contribution in [-0.4, -0.2) is 60.8 Å². The Bertz CT molecular complexity index is 564. The average molecular weight is 339 g/mol. The molecule has 0 spiro atoms. The summed E-state index contributed by atoms with van der Waals surface area (Å²) in [4.78, 5) is 28.5. The van der Waals surface area contributed by atoms with Crippen LogP contribution in [0.2, 0.25) is 0 Å². The highest BCUT2D eigenvalue weighted by Crippen LogP contribution is 2.22. The maximum absolute atomic E-state index is 12.5. The minimum Gasteiger partial charge on any atom is -0.497 e. The van der Waals surface area contributed by atoms with Gasteiger partial charge in [-0.15, -0.1) is 11.6 Å². The Labute approximate surface area is 142 Å². The molecule has 2 rings (SSSR count). The fourth-order valence-corrected chi connectivity index (χ4v) is 2.63. The van der Waals surface area contributed by atoms with Crippen LogP contribution in [0.5, 0.6) is 5.75 Å². The molecular weight excluding hydrogens is 316 g/mol. The number of rotatable bonds is 4. The zero-order valence-corrected chi connectivity index (χ0v) is 14.6. The number of nitrogens with zero attached hydrogens (tertiary/aromatic N) is 2. The second-order valence-electron chi connectivity index (χ2n) is 6.33. The Hall–Kier alpha value is -1.75. The van der Waals surface area contributed by atoms with E-state index >= 15 is 0 Å². The van der Waals surface area contributed by atoms with E-state index in [9.17, 15) is 9.59 Å². The highest BCUT2D eigenvalue weighted by Gasteiger charge is 2.33. The highest BCUT2D eigenvalue weighted by atomic mass is 35.5. The molecule has 2 amide bonds. The maximum atomic E-state index is 12.5. The number of ether oxygens (including phenoxy) is 1. The molecule has 6 heteroatoms. The van der Waals surface area contributed by atoms with Gasteiger partial charge in [-0.3, -0.25) is 9.59 Å². The van der Waals surface area contributed by atoms with Crippen LogP contribution in [0.25, 0.3) is 0 Å². The smallest absolute Gasteiger partial charge is 0.253 e. The normalized spacial score (nSPS) is 15.5. The van der Waals surface area contributed by atoms with E-state index in [-0.39, 0.29) is 17.7 Å². The molecule has 0 N–H and O–H groups in total. The Morgan fingerprint density at radius 1 is 1.09 bits per heavy atom. The van der Waals surface area contributed by atoms with E-state index in [1.807, 2.05) is 13.8 Å². The van der Waals surface area contributed by atoms with E-state index in [1.54, 1.807) is 41.2 Å². The summed E-state index contributed by atoms with van der Waals surface area (Å²) in [6, 6.07) is 7.07. The number of piperazine rings is 1.